The molecule has 4 rings (SSSR count). The lowest BCUT2D eigenvalue weighted by Gasteiger charge is -2.12. The summed E-state index contributed by atoms with van der Waals surface area (Å²) < 4.78 is 46.1. The summed E-state index contributed by atoms with van der Waals surface area (Å²) in [6.07, 6.45) is -3.91. The van der Waals surface area contributed by atoms with Crippen molar-refractivity contribution in [2.24, 2.45) is 0 Å². The van der Waals surface area contributed by atoms with Crippen LogP contribution in [0.25, 0.3) is 22.5 Å². The van der Waals surface area contributed by atoms with Crippen LogP contribution in [0.1, 0.15) is 18.4 Å². The molecule has 0 spiro atoms. The monoisotopic (exact) mass is 414 g/mol. The predicted octanol–water partition coefficient (Wildman–Crippen LogP) is 4.91. The molecule has 1 N–H and O–H groups in total. The lowest BCUT2D eigenvalue weighted by atomic mass is 10.2. The Morgan fingerprint density at radius 2 is 1.90 bits per heavy atom. The molecule has 0 aliphatic carbocycles. The first-order valence-electron chi connectivity index (χ1n) is 9.23. The first kappa shape index (κ1) is 19.7. The largest absolute Gasteiger partial charge is 0.419 e. The van der Waals surface area contributed by atoms with Gasteiger partial charge in [0.1, 0.15) is 12.2 Å². The highest BCUT2D eigenvalue weighted by molar-refractivity contribution is 5.93. The Morgan fingerprint density at radius 3 is 2.63 bits per heavy atom. The van der Waals surface area contributed by atoms with Gasteiger partial charge in [-0.15, -0.1) is 10.2 Å². The van der Waals surface area contributed by atoms with Crippen molar-refractivity contribution in [3.05, 3.63) is 66.1 Å². The van der Waals surface area contributed by atoms with Gasteiger partial charge in [-0.25, -0.2) is 0 Å². The van der Waals surface area contributed by atoms with Gasteiger partial charge in [-0.2, -0.15) is 13.2 Å². The summed E-state index contributed by atoms with van der Waals surface area (Å²) in [4.78, 5) is 12.6. The molecule has 0 aliphatic heterocycles. The van der Waals surface area contributed by atoms with E-state index in [2.05, 4.69) is 15.5 Å². The number of rotatable bonds is 5. The van der Waals surface area contributed by atoms with Gasteiger partial charge in [-0.3, -0.25) is 4.79 Å². The molecule has 0 saturated heterocycles. The average molecular weight is 414 g/mol. The second-order valence-corrected chi connectivity index (χ2v) is 6.66. The fraction of sp³-hybridized carbons (Fsp3) is 0.190. The van der Waals surface area contributed by atoms with Crippen LogP contribution < -0.4 is 5.32 Å². The molecule has 2 aromatic carbocycles. The zero-order valence-electron chi connectivity index (χ0n) is 15.9. The smallest absolute Gasteiger partial charge is 0.416 e. The molecule has 6 nitrogen and oxygen atoms in total. The third kappa shape index (κ3) is 3.91. The van der Waals surface area contributed by atoms with Crippen LogP contribution in [0.4, 0.5) is 18.9 Å². The van der Waals surface area contributed by atoms with Crippen LogP contribution in [-0.2, 0) is 23.9 Å². The number of halogens is 3. The Balaban J connectivity index is 1.65. The van der Waals surface area contributed by atoms with Crippen molar-refractivity contribution in [2.75, 3.05) is 5.32 Å². The van der Waals surface area contributed by atoms with Gasteiger partial charge in [0.25, 0.3) is 5.89 Å². The van der Waals surface area contributed by atoms with Crippen LogP contribution in [0.15, 0.2) is 59.0 Å². The normalized spacial score (nSPS) is 11.7. The Bertz CT molecular complexity index is 1210. The number of amides is 1. The number of nitrogens with zero attached hydrogens (tertiary/aromatic N) is 3. The Morgan fingerprint density at radius 1 is 1.10 bits per heavy atom. The van der Waals surface area contributed by atoms with Crippen molar-refractivity contribution in [2.45, 2.75) is 26.1 Å². The number of aromatic nitrogens is 3. The van der Waals surface area contributed by atoms with E-state index in [4.69, 9.17) is 4.42 Å². The quantitative estimate of drug-likeness (QED) is 0.504. The van der Waals surface area contributed by atoms with Crippen LogP contribution in [0.5, 0.6) is 0 Å². The molecule has 154 valence electrons. The molecule has 0 bridgehead atoms. The van der Waals surface area contributed by atoms with E-state index in [1.54, 1.807) is 4.57 Å². The van der Waals surface area contributed by atoms with Gasteiger partial charge < -0.3 is 14.3 Å². The van der Waals surface area contributed by atoms with Crippen LogP contribution in [0, 0.1) is 0 Å². The van der Waals surface area contributed by atoms with Gasteiger partial charge in [-0.05, 0) is 30.3 Å². The average Bonchev–Trinajstić information content (AvgIpc) is 3.32. The number of aryl methyl sites for hydroxylation is 1. The Kier molecular flexibility index (Phi) is 5.03. The number of hydrogen-bond donors (Lipinski definition) is 1. The van der Waals surface area contributed by atoms with Crippen LogP contribution >= 0.6 is 0 Å². The number of anilines is 1. The van der Waals surface area contributed by atoms with Gasteiger partial charge in [0.05, 0.1) is 5.56 Å². The van der Waals surface area contributed by atoms with Crippen molar-refractivity contribution >= 4 is 22.5 Å². The number of alkyl halides is 3. The van der Waals surface area contributed by atoms with Crippen molar-refractivity contribution in [3.8, 4) is 11.6 Å². The lowest BCUT2D eigenvalue weighted by Crippen LogP contribution is -2.19. The number of carbonyl (C=O) groups excluding carboxylic acids is 1. The third-order valence-electron chi connectivity index (χ3n) is 4.57. The van der Waals surface area contributed by atoms with E-state index in [1.807, 2.05) is 37.3 Å². The summed E-state index contributed by atoms with van der Waals surface area (Å²) >= 11 is 0. The third-order valence-corrected chi connectivity index (χ3v) is 4.57. The lowest BCUT2D eigenvalue weighted by molar-refractivity contribution is -0.137. The number of benzene rings is 2. The minimum Gasteiger partial charge on any atom is -0.419 e. The van der Waals surface area contributed by atoms with E-state index < -0.39 is 17.6 Å². The maximum Gasteiger partial charge on any atom is 0.416 e. The topological polar surface area (TPSA) is 73.0 Å². The maximum absolute atomic E-state index is 12.9. The minimum absolute atomic E-state index is 0.0684. The molecule has 0 unspecified atom stereocenters. The summed E-state index contributed by atoms with van der Waals surface area (Å²) in [6.45, 7) is 1.75. The van der Waals surface area contributed by atoms with Gasteiger partial charge in [-0.1, -0.05) is 31.2 Å². The molecule has 2 aromatic heterocycles. The van der Waals surface area contributed by atoms with Gasteiger partial charge in [0, 0.05) is 23.0 Å². The highest BCUT2D eigenvalue weighted by Gasteiger charge is 2.30. The summed E-state index contributed by atoms with van der Waals surface area (Å²) in [5, 5.41) is 11.4. The molecule has 2 heterocycles. The van der Waals surface area contributed by atoms with Gasteiger partial charge in [0.15, 0.2) is 0 Å². The highest BCUT2D eigenvalue weighted by atomic mass is 19.4. The zero-order chi connectivity index (χ0) is 21.3. The molecule has 4 aromatic rings. The molecular weight excluding hydrogens is 397 g/mol. The van der Waals surface area contributed by atoms with E-state index in [1.165, 1.54) is 12.1 Å². The van der Waals surface area contributed by atoms with E-state index in [-0.39, 0.29) is 18.1 Å². The standard InChI is InChI=1S/C21H17F3N4O2/c1-2-19-26-27-20(30-19)17-10-13-6-3-4-9-16(13)28(17)12-18(29)25-15-8-5-7-14(11-15)21(22,23)24/h3-11H,2,12H2,1H3,(H,25,29). The number of carbonyl (C=O) groups is 1. The number of para-hydroxylation sites is 1. The van der Waals surface area contributed by atoms with Crippen molar-refractivity contribution in [3.63, 3.8) is 0 Å². The molecule has 0 atom stereocenters. The molecule has 0 saturated carbocycles. The second kappa shape index (κ2) is 7.66. The molecule has 0 fully saturated rings. The number of hydrogen-bond acceptors (Lipinski definition) is 4. The van der Waals surface area contributed by atoms with Crippen LogP contribution in [-0.4, -0.2) is 20.7 Å². The van der Waals surface area contributed by atoms with Gasteiger partial charge >= 0.3 is 6.18 Å². The zero-order valence-corrected chi connectivity index (χ0v) is 15.9. The minimum atomic E-state index is -4.49. The van der Waals surface area contributed by atoms with Crippen molar-refractivity contribution in [1.82, 2.24) is 14.8 Å². The molecule has 0 aliphatic rings. The van der Waals surface area contributed by atoms with Crippen LogP contribution in [0.2, 0.25) is 0 Å². The molecule has 30 heavy (non-hydrogen) atoms. The maximum atomic E-state index is 12.9. The van der Waals surface area contributed by atoms with E-state index in [9.17, 15) is 18.0 Å². The van der Waals surface area contributed by atoms with E-state index in [0.717, 1.165) is 23.0 Å². The molecule has 0 radical (unpaired) electrons. The van der Waals surface area contributed by atoms with E-state index >= 15 is 0 Å². The number of nitrogens with one attached hydrogen (secondary N) is 1. The van der Waals surface area contributed by atoms with Crippen molar-refractivity contribution < 1.29 is 22.4 Å². The molecule has 1 amide bonds. The summed E-state index contributed by atoms with van der Waals surface area (Å²) in [6, 6.07) is 13.8. The highest BCUT2D eigenvalue weighted by Crippen LogP contribution is 2.31. The fourth-order valence-corrected chi connectivity index (χ4v) is 3.18. The first-order valence-corrected chi connectivity index (χ1v) is 9.23. The molecular formula is C21H17F3N4O2. The number of fused-ring (bicyclic) bond motifs is 1. The van der Waals surface area contributed by atoms with Gasteiger partial charge in [0.2, 0.25) is 11.8 Å². The summed E-state index contributed by atoms with van der Waals surface area (Å²) in [7, 11) is 0. The fourth-order valence-electron chi connectivity index (χ4n) is 3.18. The Hall–Kier alpha value is -3.62. The summed E-state index contributed by atoms with van der Waals surface area (Å²) in [5.41, 5.74) is 0.565. The first-order chi connectivity index (χ1) is 14.3. The second-order valence-electron chi connectivity index (χ2n) is 6.66. The molecule has 9 heteroatoms. The van der Waals surface area contributed by atoms with Crippen LogP contribution in [0.3, 0.4) is 0 Å². The summed E-state index contributed by atoms with van der Waals surface area (Å²) in [5.74, 6) is 0.261. The predicted molar refractivity (Wildman–Crippen MR) is 105 cm³/mol. The Labute approximate surface area is 169 Å². The SMILES string of the molecule is CCc1nnc(-c2cc3ccccc3n2CC(=O)Nc2cccc(C(F)(F)F)c2)o1. The van der Waals surface area contributed by atoms with E-state index in [0.29, 0.717) is 18.0 Å². The van der Waals surface area contributed by atoms with Crippen molar-refractivity contribution in [1.29, 1.82) is 0 Å².